The second-order valence-corrected chi connectivity index (χ2v) is 4.26. The van der Waals surface area contributed by atoms with E-state index in [0.717, 1.165) is 24.1 Å². The Hall–Kier alpha value is -2.04. The van der Waals surface area contributed by atoms with Gasteiger partial charge in [-0.3, -0.25) is 9.78 Å². The fraction of sp³-hybridized carbons (Fsp3) is 0.333. The molecule has 0 saturated carbocycles. The van der Waals surface area contributed by atoms with E-state index in [4.69, 9.17) is 0 Å². The van der Waals surface area contributed by atoms with Crippen molar-refractivity contribution in [3.8, 4) is 11.3 Å². The van der Waals surface area contributed by atoms with E-state index in [1.165, 1.54) is 0 Å². The van der Waals surface area contributed by atoms with E-state index in [1.54, 1.807) is 17.1 Å². The summed E-state index contributed by atoms with van der Waals surface area (Å²) in [5.41, 5.74) is 1.96. The van der Waals surface area contributed by atoms with Crippen molar-refractivity contribution < 1.29 is 4.79 Å². The predicted molar refractivity (Wildman–Crippen MR) is 63.5 cm³/mol. The number of aromatic nitrogens is 4. The Morgan fingerprint density at radius 3 is 2.88 bits per heavy atom. The normalized spacial score (nSPS) is 10.8. The van der Waals surface area contributed by atoms with Gasteiger partial charge in [-0.1, -0.05) is 19.1 Å². The highest BCUT2D eigenvalue weighted by molar-refractivity contribution is 5.82. The van der Waals surface area contributed by atoms with E-state index in [2.05, 4.69) is 29.1 Å². The summed E-state index contributed by atoms with van der Waals surface area (Å²) in [6.45, 7) is 4.91. The van der Waals surface area contributed by atoms with Gasteiger partial charge < -0.3 is 0 Å². The number of hydrogen-bond acceptors (Lipinski definition) is 4. The number of rotatable bonds is 4. The van der Waals surface area contributed by atoms with Gasteiger partial charge in [0.25, 0.3) is 0 Å². The second-order valence-electron chi connectivity index (χ2n) is 4.26. The van der Waals surface area contributed by atoms with E-state index >= 15 is 0 Å². The molecule has 0 aliphatic rings. The number of nitrogens with zero attached hydrogens (tertiary/aromatic N) is 4. The maximum Gasteiger partial charge on any atom is 0.172 e. The molecule has 2 aromatic heterocycles. The lowest BCUT2D eigenvalue weighted by Gasteiger charge is -2.08. The Morgan fingerprint density at radius 1 is 1.47 bits per heavy atom. The van der Waals surface area contributed by atoms with Crippen LogP contribution in [-0.2, 0) is 6.54 Å². The van der Waals surface area contributed by atoms with Gasteiger partial charge in [0.2, 0.25) is 0 Å². The van der Waals surface area contributed by atoms with Gasteiger partial charge in [-0.15, -0.1) is 5.10 Å². The highest BCUT2D eigenvalue weighted by Crippen LogP contribution is 2.20. The summed E-state index contributed by atoms with van der Waals surface area (Å²) in [7, 11) is 0. The fourth-order valence-corrected chi connectivity index (χ4v) is 1.68. The minimum atomic E-state index is 0.360. The lowest BCUT2D eigenvalue weighted by molar-refractivity contribution is 0.111. The van der Waals surface area contributed by atoms with Crippen molar-refractivity contribution in [2.24, 2.45) is 5.92 Å². The SMILES string of the molecule is CC(C)Cn1nnc(C=O)c1-c1cccnc1. The molecular weight excluding hydrogens is 216 g/mol. The Bertz CT molecular complexity index is 504. The van der Waals surface area contributed by atoms with Crippen molar-refractivity contribution in [1.82, 2.24) is 20.0 Å². The molecule has 2 aromatic rings. The predicted octanol–water partition coefficient (Wildman–Crippen LogP) is 1.81. The minimum Gasteiger partial charge on any atom is -0.296 e. The Balaban J connectivity index is 2.49. The largest absolute Gasteiger partial charge is 0.296 e. The van der Waals surface area contributed by atoms with Crippen LogP contribution < -0.4 is 0 Å². The van der Waals surface area contributed by atoms with Crippen LogP contribution in [0.3, 0.4) is 0 Å². The van der Waals surface area contributed by atoms with Crippen LogP contribution in [-0.4, -0.2) is 26.3 Å². The molecule has 0 fully saturated rings. The highest BCUT2D eigenvalue weighted by Gasteiger charge is 2.14. The van der Waals surface area contributed by atoms with Gasteiger partial charge in [0.05, 0.1) is 0 Å². The highest BCUT2D eigenvalue weighted by atomic mass is 16.1. The van der Waals surface area contributed by atoms with Crippen LogP contribution >= 0.6 is 0 Å². The van der Waals surface area contributed by atoms with Crippen LogP contribution in [0.4, 0.5) is 0 Å². The molecule has 0 atom stereocenters. The third-order valence-corrected chi connectivity index (χ3v) is 2.35. The van der Waals surface area contributed by atoms with E-state index in [0.29, 0.717) is 11.6 Å². The monoisotopic (exact) mass is 230 g/mol. The summed E-state index contributed by atoms with van der Waals surface area (Å²) >= 11 is 0. The molecule has 0 amide bonds. The van der Waals surface area contributed by atoms with Crippen LogP contribution in [0.15, 0.2) is 24.5 Å². The molecule has 5 nitrogen and oxygen atoms in total. The van der Waals surface area contributed by atoms with Crippen LogP contribution in [0.5, 0.6) is 0 Å². The van der Waals surface area contributed by atoms with Crippen molar-refractivity contribution in [3.05, 3.63) is 30.2 Å². The Kier molecular flexibility index (Phi) is 3.27. The minimum absolute atomic E-state index is 0.360. The molecule has 0 radical (unpaired) electrons. The zero-order valence-electron chi connectivity index (χ0n) is 9.87. The molecule has 0 unspecified atom stereocenters. The molecule has 0 spiro atoms. The molecule has 88 valence electrons. The number of aldehydes is 1. The molecule has 0 saturated heterocycles. The Labute approximate surface area is 99.5 Å². The maximum atomic E-state index is 11.0. The molecule has 5 heteroatoms. The first-order valence-electron chi connectivity index (χ1n) is 5.51. The fourth-order valence-electron chi connectivity index (χ4n) is 1.68. The van der Waals surface area contributed by atoms with Crippen molar-refractivity contribution in [1.29, 1.82) is 0 Å². The summed E-state index contributed by atoms with van der Waals surface area (Å²) in [6, 6.07) is 3.73. The number of carbonyl (C=O) groups is 1. The van der Waals surface area contributed by atoms with Crippen LogP contribution in [0.1, 0.15) is 24.3 Å². The van der Waals surface area contributed by atoms with Crippen LogP contribution in [0.25, 0.3) is 11.3 Å². The summed E-state index contributed by atoms with van der Waals surface area (Å²) in [6.07, 6.45) is 4.13. The van der Waals surface area contributed by atoms with E-state index < -0.39 is 0 Å². The van der Waals surface area contributed by atoms with Crippen molar-refractivity contribution in [2.75, 3.05) is 0 Å². The first-order valence-corrected chi connectivity index (χ1v) is 5.51. The first kappa shape index (κ1) is 11.4. The molecule has 0 aliphatic heterocycles. The summed E-state index contributed by atoms with van der Waals surface area (Å²) < 4.78 is 1.76. The zero-order chi connectivity index (χ0) is 12.3. The topological polar surface area (TPSA) is 60.7 Å². The van der Waals surface area contributed by atoms with E-state index in [1.807, 2.05) is 12.1 Å². The number of carbonyl (C=O) groups excluding carboxylic acids is 1. The molecule has 0 bridgehead atoms. The summed E-state index contributed by atoms with van der Waals surface area (Å²) in [4.78, 5) is 15.0. The van der Waals surface area contributed by atoms with Crippen LogP contribution in [0, 0.1) is 5.92 Å². The molecule has 2 rings (SSSR count). The first-order chi connectivity index (χ1) is 8.22. The van der Waals surface area contributed by atoms with Crippen molar-refractivity contribution in [3.63, 3.8) is 0 Å². The van der Waals surface area contributed by atoms with Gasteiger partial charge in [-0.2, -0.15) is 0 Å². The zero-order valence-corrected chi connectivity index (χ0v) is 9.87. The standard InChI is InChI=1S/C12H14N4O/c1-9(2)7-16-12(11(8-17)14-15-16)10-4-3-5-13-6-10/h3-6,8-9H,7H2,1-2H3. The molecule has 17 heavy (non-hydrogen) atoms. The van der Waals surface area contributed by atoms with Gasteiger partial charge in [-0.05, 0) is 18.1 Å². The quantitative estimate of drug-likeness (QED) is 0.751. The van der Waals surface area contributed by atoms with Gasteiger partial charge in [-0.25, -0.2) is 4.68 Å². The Morgan fingerprint density at radius 2 is 2.29 bits per heavy atom. The van der Waals surface area contributed by atoms with E-state index in [-0.39, 0.29) is 0 Å². The second kappa shape index (κ2) is 4.86. The average molecular weight is 230 g/mol. The third-order valence-electron chi connectivity index (χ3n) is 2.35. The van der Waals surface area contributed by atoms with Gasteiger partial charge in [0.15, 0.2) is 12.0 Å². The third kappa shape index (κ3) is 2.38. The van der Waals surface area contributed by atoms with Gasteiger partial charge in [0, 0.05) is 24.5 Å². The molecule has 0 aliphatic carbocycles. The average Bonchev–Trinajstić information content (AvgIpc) is 2.72. The van der Waals surface area contributed by atoms with Crippen molar-refractivity contribution >= 4 is 6.29 Å². The van der Waals surface area contributed by atoms with Crippen molar-refractivity contribution in [2.45, 2.75) is 20.4 Å². The molecule has 0 N–H and O–H groups in total. The van der Waals surface area contributed by atoms with E-state index in [9.17, 15) is 4.79 Å². The van der Waals surface area contributed by atoms with Gasteiger partial charge in [0.1, 0.15) is 5.69 Å². The maximum absolute atomic E-state index is 11.0. The lowest BCUT2D eigenvalue weighted by Crippen LogP contribution is -2.08. The summed E-state index contributed by atoms with van der Waals surface area (Å²) in [5, 5.41) is 7.89. The molecule has 2 heterocycles. The lowest BCUT2D eigenvalue weighted by atomic mass is 10.1. The van der Waals surface area contributed by atoms with Gasteiger partial charge >= 0.3 is 0 Å². The number of pyridine rings is 1. The smallest absolute Gasteiger partial charge is 0.172 e. The molecular formula is C12H14N4O. The number of hydrogen-bond donors (Lipinski definition) is 0. The summed E-state index contributed by atoms with van der Waals surface area (Å²) in [5.74, 6) is 0.437. The van der Waals surface area contributed by atoms with Crippen LogP contribution in [0.2, 0.25) is 0 Å². The molecule has 0 aromatic carbocycles.